The molecule has 0 radical (unpaired) electrons. The second-order valence-electron chi connectivity index (χ2n) is 8.05. The van der Waals surface area contributed by atoms with Gasteiger partial charge >= 0.3 is 6.09 Å². The molecule has 0 bridgehead atoms. The van der Waals surface area contributed by atoms with Crippen LogP contribution in [0.2, 0.25) is 0 Å². The third-order valence-electron chi connectivity index (χ3n) is 4.79. The highest BCUT2D eigenvalue weighted by Crippen LogP contribution is 2.15. The zero-order valence-electron chi connectivity index (χ0n) is 16.9. The normalized spacial score (nSPS) is 24.3. The molecule has 8 heteroatoms. The van der Waals surface area contributed by atoms with E-state index in [0.29, 0.717) is 5.92 Å². The molecule has 2 atom stereocenters. The quantitative estimate of drug-likeness (QED) is 0.366. The van der Waals surface area contributed by atoms with E-state index in [2.05, 4.69) is 32.3 Å². The van der Waals surface area contributed by atoms with E-state index in [1.54, 1.807) is 0 Å². The molecule has 2 rings (SSSR count). The molecule has 0 aliphatic carbocycles. The number of alkyl carbamates (subject to hydrolysis) is 1. The standard InChI is InChI=1S/C18H35N5O2.HI/c1-6-22-9-7-14(12-22)11-20-16(19-5)23-10-8-15(13-23)21-17(24)25-18(2,3)4;/h14-15H,6-13H2,1-5H3,(H,19,20)(H,21,24);1H. The third-order valence-corrected chi connectivity index (χ3v) is 4.79. The van der Waals surface area contributed by atoms with Crippen LogP contribution >= 0.6 is 24.0 Å². The van der Waals surface area contributed by atoms with Gasteiger partial charge in [-0.3, -0.25) is 4.99 Å². The Kier molecular flexibility index (Phi) is 9.43. The molecule has 2 aliphatic heterocycles. The van der Waals surface area contributed by atoms with Gasteiger partial charge in [0.2, 0.25) is 0 Å². The van der Waals surface area contributed by atoms with Crippen LogP contribution in [0.5, 0.6) is 0 Å². The lowest BCUT2D eigenvalue weighted by Gasteiger charge is -2.24. The zero-order valence-corrected chi connectivity index (χ0v) is 19.2. The van der Waals surface area contributed by atoms with E-state index in [0.717, 1.165) is 38.6 Å². The summed E-state index contributed by atoms with van der Waals surface area (Å²) in [6.07, 6.45) is 1.82. The fraction of sp³-hybridized carbons (Fsp3) is 0.889. The van der Waals surface area contributed by atoms with Gasteiger partial charge in [-0.2, -0.15) is 0 Å². The zero-order chi connectivity index (χ0) is 18.4. The molecule has 0 aromatic carbocycles. The first-order valence-electron chi connectivity index (χ1n) is 9.48. The summed E-state index contributed by atoms with van der Waals surface area (Å²) in [7, 11) is 1.82. The number of carbonyl (C=O) groups is 1. The van der Waals surface area contributed by atoms with Crippen LogP contribution < -0.4 is 10.6 Å². The number of carbonyl (C=O) groups excluding carboxylic acids is 1. The number of likely N-dealkylation sites (tertiary alicyclic amines) is 2. The van der Waals surface area contributed by atoms with Crippen molar-refractivity contribution in [1.29, 1.82) is 0 Å². The van der Waals surface area contributed by atoms with Crippen LogP contribution in [0.15, 0.2) is 4.99 Å². The van der Waals surface area contributed by atoms with E-state index in [9.17, 15) is 4.79 Å². The first-order chi connectivity index (χ1) is 11.8. The van der Waals surface area contributed by atoms with Gasteiger partial charge in [0.25, 0.3) is 0 Å². The number of guanidine groups is 1. The second kappa shape index (κ2) is 10.5. The average Bonchev–Trinajstić information content (AvgIpc) is 3.15. The van der Waals surface area contributed by atoms with Crippen molar-refractivity contribution >= 4 is 36.0 Å². The highest BCUT2D eigenvalue weighted by Gasteiger charge is 2.28. The fourth-order valence-electron chi connectivity index (χ4n) is 3.48. The van der Waals surface area contributed by atoms with Crippen LogP contribution in [-0.2, 0) is 4.74 Å². The summed E-state index contributed by atoms with van der Waals surface area (Å²) in [4.78, 5) is 21.0. The van der Waals surface area contributed by atoms with Crippen molar-refractivity contribution < 1.29 is 9.53 Å². The Morgan fingerprint density at radius 2 is 1.96 bits per heavy atom. The van der Waals surface area contributed by atoms with Crippen LogP contribution in [0.1, 0.15) is 40.5 Å². The number of halogens is 1. The number of rotatable bonds is 4. The second-order valence-corrected chi connectivity index (χ2v) is 8.05. The number of hydrogen-bond acceptors (Lipinski definition) is 4. The summed E-state index contributed by atoms with van der Waals surface area (Å²) in [6.45, 7) is 14.0. The molecule has 2 heterocycles. The molecule has 0 aromatic rings. The largest absolute Gasteiger partial charge is 0.444 e. The number of nitrogens with one attached hydrogen (secondary N) is 2. The lowest BCUT2D eigenvalue weighted by molar-refractivity contribution is 0.0507. The molecular weight excluding hydrogens is 445 g/mol. The van der Waals surface area contributed by atoms with Gasteiger partial charge in [0, 0.05) is 33.2 Å². The fourth-order valence-corrected chi connectivity index (χ4v) is 3.48. The molecule has 2 saturated heterocycles. The summed E-state index contributed by atoms with van der Waals surface area (Å²) in [5, 5.41) is 6.48. The molecule has 2 fully saturated rings. The van der Waals surface area contributed by atoms with Gasteiger partial charge in [0.05, 0.1) is 6.04 Å². The summed E-state index contributed by atoms with van der Waals surface area (Å²) in [5.74, 6) is 1.62. The van der Waals surface area contributed by atoms with Crippen LogP contribution in [0.4, 0.5) is 4.79 Å². The molecule has 1 amide bonds. The summed E-state index contributed by atoms with van der Waals surface area (Å²) in [6, 6.07) is 0.107. The van der Waals surface area contributed by atoms with Crippen LogP contribution in [0.3, 0.4) is 0 Å². The SMILES string of the molecule is CCN1CCC(CNC(=NC)N2CCC(NC(=O)OC(C)(C)C)C2)C1.I. The maximum atomic E-state index is 11.9. The molecule has 0 aromatic heterocycles. The summed E-state index contributed by atoms with van der Waals surface area (Å²) >= 11 is 0. The van der Waals surface area contributed by atoms with Gasteiger partial charge in [-0.05, 0) is 52.6 Å². The van der Waals surface area contributed by atoms with E-state index >= 15 is 0 Å². The van der Waals surface area contributed by atoms with Crippen molar-refractivity contribution in [3.8, 4) is 0 Å². The highest BCUT2D eigenvalue weighted by molar-refractivity contribution is 14.0. The minimum absolute atomic E-state index is 0. The topological polar surface area (TPSA) is 69.2 Å². The molecule has 2 N–H and O–H groups in total. The summed E-state index contributed by atoms with van der Waals surface area (Å²) < 4.78 is 5.34. The molecular formula is C18H36IN5O2. The van der Waals surface area contributed by atoms with Gasteiger partial charge in [-0.1, -0.05) is 6.92 Å². The maximum Gasteiger partial charge on any atom is 0.407 e. The van der Waals surface area contributed by atoms with Crippen LogP contribution in [0, 0.1) is 5.92 Å². The number of amides is 1. The molecule has 2 unspecified atom stereocenters. The number of hydrogen-bond donors (Lipinski definition) is 2. The smallest absolute Gasteiger partial charge is 0.407 e. The molecule has 0 spiro atoms. The molecule has 2 aliphatic rings. The van der Waals surface area contributed by atoms with Crippen molar-refractivity contribution in [3.63, 3.8) is 0 Å². The molecule has 0 saturated carbocycles. The minimum Gasteiger partial charge on any atom is -0.444 e. The van der Waals surface area contributed by atoms with Crippen molar-refractivity contribution in [2.45, 2.75) is 52.2 Å². The first kappa shape index (κ1) is 23.3. The van der Waals surface area contributed by atoms with Crippen LogP contribution in [-0.4, -0.2) is 79.8 Å². The Bertz CT molecular complexity index is 481. The Morgan fingerprint density at radius 1 is 1.23 bits per heavy atom. The molecule has 7 nitrogen and oxygen atoms in total. The first-order valence-corrected chi connectivity index (χ1v) is 9.48. The van der Waals surface area contributed by atoms with E-state index in [1.807, 2.05) is 27.8 Å². The van der Waals surface area contributed by atoms with Gasteiger partial charge in [0.1, 0.15) is 5.60 Å². The van der Waals surface area contributed by atoms with Crippen LogP contribution in [0.25, 0.3) is 0 Å². The van der Waals surface area contributed by atoms with Crippen molar-refractivity contribution in [2.75, 3.05) is 46.3 Å². The summed E-state index contributed by atoms with van der Waals surface area (Å²) in [5.41, 5.74) is -0.465. The van der Waals surface area contributed by atoms with E-state index in [-0.39, 0.29) is 36.1 Å². The maximum absolute atomic E-state index is 11.9. The number of ether oxygens (including phenoxy) is 1. The van der Waals surface area contributed by atoms with E-state index < -0.39 is 5.60 Å². The molecule has 26 heavy (non-hydrogen) atoms. The average molecular weight is 481 g/mol. The predicted octanol–water partition coefficient (Wildman–Crippen LogP) is 2.12. The third kappa shape index (κ3) is 7.46. The van der Waals surface area contributed by atoms with Gasteiger partial charge in [-0.15, -0.1) is 24.0 Å². The monoisotopic (exact) mass is 481 g/mol. The lowest BCUT2D eigenvalue weighted by atomic mass is 10.1. The van der Waals surface area contributed by atoms with Crippen molar-refractivity contribution in [2.24, 2.45) is 10.9 Å². The Morgan fingerprint density at radius 3 is 2.54 bits per heavy atom. The number of aliphatic imine (C=N–C) groups is 1. The van der Waals surface area contributed by atoms with Gasteiger partial charge < -0.3 is 25.2 Å². The predicted molar refractivity (Wildman–Crippen MR) is 116 cm³/mol. The Labute approximate surface area is 175 Å². The minimum atomic E-state index is -0.465. The molecule has 152 valence electrons. The Balaban J connectivity index is 0.00000338. The number of nitrogens with zero attached hydrogens (tertiary/aromatic N) is 3. The van der Waals surface area contributed by atoms with Gasteiger partial charge in [-0.25, -0.2) is 4.79 Å². The van der Waals surface area contributed by atoms with E-state index in [4.69, 9.17) is 4.74 Å². The van der Waals surface area contributed by atoms with E-state index in [1.165, 1.54) is 19.5 Å². The lowest BCUT2D eigenvalue weighted by Crippen LogP contribution is -2.45. The van der Waals surface area contributed by atoms with Crippen molar-refractivity contribution in [3.05, 3.63) is 0 Å². The highest BCUT2D eigenvalue weighted by atomic mass is 127. The van der Waals surface area contributed by atoms with Gasteiger partial charge in [0.15, 0.2) is 5.96 Å². The Hall–Kier alpha value is -0.770. The van der Waals surface area contributed by atoms with Crippen molar-refractivity contribution in [1.82, 2.24) is 20.4 Å².